The second-order valence-corrected chi connectivity index (χ2v) is 6.19. The van der Waals surface area contributed by atoms with Gasteiger partial charge in [0.1, 0.15) is 5.82 Å². The number of guanidine groups is 1. The lowest BCUT2D eigenvalue weighted by Gasteiger charge is -2.11. The van der Waals surface area contributed by atoms with Gasteiger partial charge in [-0.05, 0) is 42.0 Å². The number of nitrogens with zero attached hydrogens (tertiary/aromatic N) is 3. The summed E-state index contributed by atoms with van der Waals surface area (Å²) in [6.45, 7) is 1.03. The molecule has 0 unspecified atom stereocenters. The molecule has 0 radical (unpaired) electrons. The fourth-order valence-electron chi connectivity index (χ4n) is 2.41. The maximum atomic E-state index is 13.2. The summed E-state index contributed by atoms with van der Waals surface area (Å²) >= 11 is 5.88. The summed E-state index contributed by atoms with van der Waals surface area (Å²) in [4.78, 5) is 8.51. The van der Waals surface area contributed by atoms with E-state index >= 15 is 0 Å². The highest BCUT2D eigenvalue weighted by molar-refractivity contribution is 6.30. The average molecular weight is 388 g/mol. The number of hydrogen-bond donors (Lipinski definition) is 2. The summed E-state index contributed by atoms with van der Waals surface area (Å²) in [5.74, 6) is 1.39. The molecule has 0 aliphatic carbocycles. The first kappa shape index (κ1) is 18.8. The molecule has 140 valence electrons. The van der Waals surface area contributed by atoms with E-state index in [1.165, 1.54) is 12.1 Å². The zero-order valence-corrected chi connectivity index (χ0v) is 15.5. The van der Waals surface area contributed by atoms with Gasteiger partial charge in [-0.3, -0.25) is 4.99 Å². The van der Waals surface area contributed by atoms with Crippen molar-refractivity contribution in [3.05, 3.63) is 70.8 Å². The number of aromatic nitrogens is 2. The van der Waals surface area contributed by atoms with Crippen LogP contribution in [0.3, 0.4) is 0 Å². The molecule has 1 heterocycles. The second-order valence-electron chi connectivity index (χ2n) is 5.75. The lowest BCUT2D eigenvalue weighted by Crippen LogP contribution is -2.37. The number of nitrogens with one attached hydrogen (secondary N) is 2. The van der Waals surface area contributed by atoms with Crippen LogP contribution in [0.2, 0.25) is 5.02 Å². The van der Waals surface area contributed by atoms with Crippen LogP contribution in [0.25, 0.3) is 11.4 Å². The number of aliphatic imine (C=N–C) groups is 1. The van der Waals surface area contributed by atoms with Crippen LogP contribution in [-0.2, 0) is 13.0 Å². The predicted molar refractivity (Wildman–Crippen MR) is 103 cm³/mol. The number of halogens is 2. The Bertz CT molecular complexity index is 910. The van der Waals surface area contributed by atoms with Gasteiger partial charge in [-0.25, -0.2) is 4.39 Å². The van der Waals surface area contributed by atoms with Crippen molar-refractivity contribution in [3.63, 3.8) is 0 Å². The third kappa shape index (κ3) is 5.52. The van der Waals surface area contributed by atoms with Crippen LogP contribution in [0.4, 0.5) is 4.39 Å². The zero-order valence-electron chi connectivity index (χ0n) is 14.7. The van der Waals surface area contributed by atoms with Gasteiger partial charge in [0.2, 0.25) is 11.7 Å². The van der Waals surface area contributed by atoms with Crippen molar-refractivity contribution in [2.75, 3.05) is 13.6 Å². The summed E-state index contributed by atoms with van der Waals surface area (Å²) in [6, 6.07) is 13.7. The highest BCUT2D eigenvalue weighted by Crippen LogP contribution is 2.18. The Morgan fingerprint density at radius 2 is 2.00 bits per heavy atom. The maximum Gasteiger partial charge on any atom is 0.228 e. The summed E-state index contributed by atoms with van der Waals surface area (Å²) < 4.78 is 18.5. The summed E-state index contributed by atoms with van der Waals surface area (Å²) in [6.07, 6.45) is 0.543. The molecule has 0 saturated heterocycles. The van der Waals surface area contributed by atoms with Gasteiger partial charge in [-0.1, -0.05) is 28.9 Å². The minimum Gasteiger partial charge on any atom is -0.356 e. The van der Waals surface area contributed by atoms with Crippen molar-refractivity contribution >= 4 is 17.6 Å². The minimum absolute atomic E-state index is 0.259. The smallest absolute Gasteiger partial charge is 0.228 e. The van der Waals surface area contributed by atoms with Crippen LogP contribution in [0.15, 0.2) is 58.0 Å². The van der Waals surface area contributed by atoms with Crippen LogP contribution in [0, 0.1) is 5.82 Å². The fraction of sp³-hybridized carbons (Fsp3) is 0.211. The quantitative estimate of drug-likeness (QED) is 0.500. The minimum atomic E-state index is -0.259. The Hall–Kier alpha value is -2.93. The summed E-state index contributed by atoms with van der Waals surface area (Å²) in [5.41, 5.74) is 1.68. The van der Waals surface area contributed by atoms with E-state index in [0.29, 0.717) is 42.2 Å². The van der Waals surface area contributed by atoms with Crippen LogP contribution < -0.4 is 10.6 Å². The van der Waals surface area contributed by atoms with Crippen LogP contribution in [0.1, 0.15) is 11.5 Å². The third-order valence-electron chi connectivity index (χ3n) is 3.77. The van der Waals surface area contributed by atoms with Crippen LogP contribution in [-0.4, -0.2) is 29.7 Å². The van der Waals surface area contributed by atoms with E-state index in [4.69, 9.17) is 16.1 Å². The van der Waals surface area contributed by atoms with Gasteiger partial charge in [0.05, 0.1) is 0 Å². The van der Waals surface area contributed by atoms with E-state index in [1.807, 2.05) is 18.2 Å². The number of benzene rings is 2. The molecule has 2 N–H and O–H groups in total. The SMILES string of the molecule is CN=C(NCCc1nc(-c2ccc(Cl)cc2)no1)NCc1cccc(F)c1. The largest absolute Gasteiger partial charge is 0.356 e. The van der Waals surface area contributed by atoms with Crippen molar-refractivity contribution in [2.24, 2.45) is 4.99 Å². The molecule has 0 atom stereocenters. The van der Waals surface area contributed by atoms with Gasteiger partial charge in [0, 0.05) is 37.1 Å². The Morgan fingerprint density at radius 3 is 2.74 bits per heavy atom. The van der Waals surface area contributed by atoms with Crippen molar-refractivity contribution < 1.29 is 8.91 Å². The van der Waals surface area contributed by atoms with Crippen molar-refractivity contribution in [1.29, 1.82) is 0 Å². The van der Waals surface area contributed by atoms with Gasteiger partial charge in [0.15, 0.2) is 5.96 Å². The molecule has 0 fully saturated rings. The lowest BCUT2D eigenvalue weighted by atomic mass is 10.2. The molecular formula is C19H19ClFN5O. The molecule has 0 bridgehead atoms. The van der Waals surface area contributed by atoms with E-state index in [-0.39, 0.29) is 5.82 Å². The van der Waals surface area contributed by atoms with Gasteiger partial charge < -0.3 is 15.2 Å². The van der Waals surface area contributed by atoms with E-state index in [0.717, 1.165) is 11.1 Å². The Balaban J connectivity index is 1.47. The van der Waals surface area contributed by atoms with Crippen molar-refractivity contribution in [1.82, 2.24) is 20.8 Å². The Morgan fingerprint density at radius 1 is 1.19 bits per heavy atom. The monoisotopic (exact) mass is 387 g/mol. The molecule has 0 amide bonds. The van der Waals surface area contributed by atoms with E-state index in [2.05, 4.69) is 25.8 Å². The van der Waals surface area contributed by atoms with Crippen LogP contribution in [0.5, 0.6) is 0 Å². The average Bonchev–Trinajstić information content (AvgIpc) is 3.14. The number of hydrogen-bond acceptors (Lipinski definition) is 4. The molecule has 0 spiro atoms. The molecule has 3 aromatic rings. The topological polar surface area (TPSA) is 75.3 Å². The molecule has 3 rings (SSSR count). The molecular weight excluding hydrogens is 369 g/mol. The zero-order chi connectivity index (χ0) is 19.1. The molecule has 0 saturated carbocycles. The highest BCUT2D eigenvalue weighted by atomic mass is 35.5. The standard InChI is InChI=1S/C19H19ClFN5O/c1-22-19(24-12-13-3-2-4-16(21)11-13)23-10-9-17-25-18(26-27-17)14-5-7-15(20)8-6-14/h2-8,11H,9-10,12H2,1H3,(H2,22,23,24). The molecule has 0 aliphatic heterocycles. The van der Waals surface area contributed by atoms with Gasteiger partial charge >= 0.3 is 0 Å². The van der Waals surface area contributed by atoms with Gasteiger partial charge in [-0.2, -0.15) is 4.98 Å². The Labute approximate surface area is 161 Å². The first-order chi connectivity index (χ1) is 13.1. The first-order valence-electron chi connectivity index (χ1n) is 8.41. The lowest BCUT2D eigenvalue weighted by molar-refractivity contribution is 0.378. The van der Waals surface area contributed by atoms with Crippen molar-refractivity contribution in [2.45, 2.75) is 13.0 Å². The van der Waals surface area contributed by atoms with E-state index in [1.54, 1.807) is 25.2 Å². The normalized spacial score (nSPS) is 11.4. The van der Waals surface area contributed by atoms with E-state index < -0.39 is 0 Å². The van der Waals surface area contributed by atoms with Gasteiger partial charge in [-0.15, -0.1) is 0 Å². The third-order valence-corrected chi connectivity index (χ3v) is 4.03. The van der Waals surface area contributed by atoms with Gasteiger partial charge in [0.25, 0.3) is 0 Å². The molecule has 27 heavy (non-hydrogen) atoms. The van der Waals surface area contributed by atoms with E-state index in [9.17, 15) is 4.39 Å². The maximum absolute atomic E-state index is 13.2. The highest BCUT2D eigenvalue weighted by Gasteiger charge is 2.09. The first-order valence-corrected chi connectivity index (χ1v) is 8.79. The molecule has 8 heteroatoms. The molecule has 1 aromatic heterocycles. The molecule has 2 aromatic carbocycles. The fourth-order valence-corrected chi connectivity index (χ4v) is 2.54. The van der Waals surface area contributed by atoms with Crippen molar-refractivity contribution in [3.8, 4) is 11.4 Å². The Kier molecular flexibility index (Phi) is 6.38. The van der Waals surface area contributed by atoms with Crippen LogP contribution >= 0.6 is 11.6 Å². The summed E-state index contributed by atoms with van der Waals surface area (Å²) in [5, 5.41) is 10.9. The molecule has 6 nitrogen and oxygen atoms in total. The predicted octanol–water partition coefficient (Wildman–Crippen LogP) is 3.44. The second kappa shape index (κ2) is 9.14. The number of rotatable bonds is 6. The summed E-state index contributed by atoms with van der Waals surface area (Å²) in [7, 11) is 1.67. The molecule has 0 aliphatic rings.